The topological polar surface area (TPSA) is 114 Å². The van der Waals surface area contributed by atoms with Crippen molar-refractivity contribution in [3.05, 3.63) is 70.7 Å². The van der Waals surface area contributed by atoms with Gasteiger partial charge in [0.2, 0.25) is 0 Å². The van der Waals surface area contributed by atoms with Crippen LogP contribution >= 0.6 is 22.9 Å². The average molecular weight is 452 g/mol. The molecule has 8 nitrogen and oxygen atoms in total. The number of anilines is 2. The minimum absolute atomic E-state index is 0.0231. The standard InChI is InChI=1S/C18H14ClN3O5S2/c19-12-7-8-15(20-10-12)21-16(23)11-27-18(24)13-4-1-2-5-14(13)22-29(25,26)17-6-3-9-28-17/h1-10,22H,11H2,(H,20,21,23). The number of ether oxygens (including phenoxy) is 1. The van der Waals surface area contributed by atoms with E-state index in [1.807, 2.05) is 0 Å². The van der Waals surface area contributed by atoms with Crippen molar-refractivity contribution in [1.82, 2.24) is 4.98 Å². The Bertz CT molecular complexity index is 1120. The molecule has 0 radical (unpaired) electrons. The summed E-state index contributed by atoms with van der Waals surface area (Å²) in [5.41, 5.74) is 0.0238. The Hall–Kier alpha value is -2.95. The highest BCUT2D eigenvalue weighted by Gasteiger charge is 2.20. The van der Waals surface area contributed by atoms with E-state index in [0.29, 0.717) is 5.02 Å². The lowest BCUT2D eigenvalue weighted by Crippen LogP contribution is -2.22. The fourth-order valence-electron chi connectivity index (χ4n) is 2.20. The minimum atomic E-state index is -3.84. The molecule has 11 heteroatoms. The number of benzene rings is 1. The van der Waals surface area contributed by atoms with Gasteiger partial charge in [0.15, 0.2) is 6.61 Å². The van der Waals surface area contributed by atoms with Gasteiger partial charge in [0, 0.05) is 6.20 Å². The van der Waals surface area contributed by atoms with Crippen LogP contribution in [0.5, 0.6) is 0 Å². The van der Waals surface area contributed by atoms with Crippen LogP contribution in [0.4, 0.5) is 11.5 Å². The number of carbonyl (C=O) groups excluding carboxylic acids is 2. The summed E-state index contributed by atoms with van der Waals surface area (Å²) in [5, 5.41) is 4.49. The summed E-state index contributed by atoms with van der Waals surface area (Å²) in [6, 6.07) is 12.0. The molecule has 29 heavy (non-hydrogen) atoms. The summed E-state index contributed by atoms with van der Waals surface area (Å²) < 4.78 is 32.3. The van der Waals surface area contributed by atoms with E-state index in [0.717, 1.165) is 11.3 Å². The van der Waals surface area contributed by atoms with Crippen LogP contribution in [0.2, 0.25) is 5.02 Å². The molecule has 0 bridgehead atoms. The van der Waals surface area contributed by atoms with Gasteiger partial charge in [0.1, 0.15) is 10.0 Å². The smallest absolute Gasteiger partial charge is 0.340 e. The number of nitrogens with zero attached hydrogens (tertiary/aromatic N) is 1. The zero-order chi connectivity index (χ0) is 20.9. The van der Waals surface area contributed by atoms with Crippen LogP contribution in [0.25, 0.3) is 0 Å². The molecule has 2 heterocycles. The molecule has 0 aliphatic carbocycles. The van der Waals surface area contributed by atoms with Gasteiger partial charge >= 0.3 is 5.97 Å². The van der Waals surface area contributed by atoms with E-state index < -0.39 is 28.5 Å². The first kappa shape index (κ1) is 20.8. The van der Waals surface area contributed by atoms with E-state index in [2.05, 4.69) is 15.0 Å². The summed E-state index contributed by atoms with van der Waals surface area (Å²) in [4.78, 5) is 28.2. The minimum Gasteiger partial charge on any atom is -0.452 e. The molecule has 150 valence electrons. The molecule has 1 amide bonds. The van der Waals surface area contributed by atoms with E-state index >= 15 is 0 Å². The summed E-state index contributed by atoms with van der Waals surface area (Å²) in [6.07, 6.45) is 1.36. The van der Waals surface area contributed by atoms with Crippen molar-refractivity contribution >= 4 is 56.3 Å². The van der Waals surface area contributed by atoms with Crippen molar-refractivity contribution in [3.63, 3.8) is 0 Å². The van der Waals surface area contributed by atoms with Gasteiger partial charge in [0.05, 0.1) is 16.3 Å². The number of halogens is 1. The molecular formula is C18H14ClN3O5S2. The van der Waals surface area contributed by atoms with E-state index in [4.69, 9.17) is 16.3 Å². The molecule has 1 aromatic carbocycles. The molecule has 0 unspecified atom stereocenters. The number of para-hydroxylation sites is 1. The lowest BCUT2D eigenvalue weighted by molar-refractivity contribution is -0.119. The lowest BCUT2D eigenvalue weighted by Gasteiger charge is -2.11. The Morgan fingerprint density at radius 1 is 1.10 bits per heavy atom. The SMILES string of the molecule is O=C(COC(=O)c1ccccc1NS(=O)(=O)c1cccs1)Nc1ccc(Cl)cn1. The van der Waals surface area contributed by atoms with Crippen molar-refractivity contribution in [2.45, 2.75) is 4.21 Å². The predicted octanol–water partition coefficient (Wildman–Crippen LogP) is 3.39. The molecular weight excluding hydrogens is 438 g/mol. The first-order valence-corrected chi connectivity index (χ1v) is 10.8. The molecule has 0 saturated carbocycles. The van der Waals surface area contributed by atoms with Gasteiger partial charge in [-0.1, -0.05) is 29.8 Å². The number of carbonyl (C=O) groups is 2. The highest BCUT2D eigenvalue weighted by molar-refractivity contribution is 7.94. The molecule has 0 aliphatic rings. The second-order valence-electron chi connectivity index (χ2n) is 5.57. The Morgan fingerprint density at radius 2 is 1.90 bits per heavy atom. The van der Waals surface area contributed by atoms with Crippen LogP contribution in [0.15, 0.2) is 64.3 Å². The summed E-state index contributed by atoms with van der Waals surface area (Å²) in [6.45, 7) is -0.574. The van der Waals surface area contributed by atoms with Crippen molar-refractivity contribution in [2.24, 2.45) is 0 Å². The summed E-state index contributed by atoms with van der Waals surface area (Å²) >= 11 is 6.76. The Kier molecular flexibility index (Phi) is 6.47. The monoisotopic (exact) mass is 451 g/mol. The number of hydrogen-bond acceptors (Lipinski definition) is 7. The number of sulfonamides is 1. The molecule has 0 fully saturated rings. The predicted molar refractivity (Wildman–Crippen MR) is 110 cm³/mol. The fraction of sp³-hybridized carbons (Fsp3) is 0.0556. The Balaban J connectivity index is 1.65. The van der Waals surface area contributed by atoms with E-state index in [1.165, 1.54) is 30.5 Å². The highest BCUT2D eigenvalue weighted by atomic mass is 35.5. The highest BCUT2D eigenvalue weighted by Crippen LogP contribution is 2.23. The maximum atomic E-state index is 12.4. The van der Waals surface area contributed by atoms with E-state index in [1.54, 1.807) is 29.6 Å². The largest absolute Gasteiger partial charge is 0.452 e. The summed E-state index contributed by atoms with van der Waals surface area (Å²) in [7, 11) is -3.84. The van der Waals surface area contributed by atoms with Gasteiger partial charge in [-0.3, -0.25) is 9.52 Å². The van der Waals surface area contributed by atoms with Crippen LogP contribution in [-0.2, 0) is 19.6 Å². The lowest BCUT2D eigenvalue weighted by atomic mass is 10.2. The number of hydrogen-bond donors (Lipinski definition) is 2. The Labute approximate surface area is 175 Å². The zero-order valence-corrected chi connectivity index (χ0v) is 17.1. The molecule has 3 rings (SSSR count). The third-order valence-corrected chi connectivity index (χ3v) is 6.47. The average Bonchev–Trinajstić information content (AvgIpc) is 3.24. The zero-order valence-electron chi connectivity index (χ0n) is 14.7. The van der Waals surface area contributed by atoms with Gasteiger partial charge < -0.3 is 10.1 Å². The van der Waals surface area contributed by atoms with Gasteiger partial charge in [-0.15, -0.1) is 11.3 Å². The van der Waals surface area contributed by atoms with Crippen molar-refractivity contribution in [2.75, 3.05) is 16.6 Å². The number of pyridine rings is 1. The number of rotatable bonds is 7. The quantitative estimate of drug-likeness (QED) is 0.532. The number of thiophene rings is 1. The third kappa shape index (κ3) is 5.53. The first-order valence-electron chi connectivity index (χ1n) is 8.09. The van der Waals surface area contributed by atoms with Gasteiger partial charge in [-0.2, -0.15) is 0 Å². The second-order valence-corrected chi connectivity index (χ2v) is 8.86. The first-order chi connectivity index (χ1) is 13.8. The van der Waals surface area contributed by atoms with Gasteiger partial charge in [-0.05, 0) is 35.7 Å². The van der Waals surface area contributed by atoms with Crippen LogP contribution in [-0.4, -0.2) is 31.9 Å². The second kappa shape index (κ2) is 9.03. The van der Waals surface area contributed by atoms with Gasteiger partial charge in [0.25, 0.3) is 15.9 Å². The molecule has 0 saturated heterocycles. The maximum Gasteiger partial charge on any atom is 0.340 e. The number of aromatic nitrogens is 1. The normalized spacial score (nSPS) is 10.9. The summed E-state index contributed by atoms with van der Waals surface area (Å²) in [5.74, 6) is -1.21. The molecule has 0 spiro atoms. The number of nitrogens with one attached hydrogen (secondary N) is 2. The van der Waals surface area contributed by atoms with Crippen molar-refractivity contribution in [1.29, 1.82) is 0 Å². The Morgan fingerprint density at radius 3 is 2.59 bits per heavy atom. The van der Waals surface area contributed by atoms with Crippen LogP contribution < -0.4 is 10.0 Å². The van der Waals surface area contributed by atoms with Crippen molar-refractivity contribution < 1.29 is 22.7 Å². The van der Waals surface area contributed by atoms with E-state index in [-0.39, 0.29) is 21.3 Å². The molecule has 0 atom stereocenters. The van der Waals surface area contributed by atoms with Gasteiger partial charge in [-0.25, -0.2) is 18.2 Å². The number of amides is 1. The van der Waals surface area contributed by atoms with Crippen LogP contribution in [0.3, 0.4) is 0 Å². The molecule has 2 N–H and O–H groups in total. The maximum absolute atomic E-state index is 12.4. The molecule has 3 aromatic rings. The number of esters is 1. The van der Waals surface area contributed by atoms with E-state index in [9.17, 15) is 18.0 Å². The third-order valence-electron chi connectivity index (χ3n) is 3.48. The molecule has 0 aliphatic heterocycles. The van der Waals surface area contributed by atoms with Crippen LogP contribution in [0.1, 0.15) is 10.4 Å². The fourth-order valence-corrected chi connectivity index (χ4v) is 4.38. The molecule has 2 aromatic heterocycles. The van der Waals surface area contributed by atoms with Crippen molar-refractivity contribution in [3.8, 4) is 0 Å². The van der Waals surface area contributed by atoms with Crippen LogP contribution in [0, 0.1) is 0 Å².